The SMILES string of the molecule is c1ccc(-c2ccc(-c3ccc(-c4cc(-c5ccccc5)cc(-c5cccc6c(-c7ccccc7)cccc56)c4)cc3)cc2)cc1. The zero-order valence-corrected chi connectivity index (χ0v) is 25.5. The van der Waals surface area contributed by atoms with Gasteiger partial charge in [0.15, 0.2) is 0 Å². The Morgan fingerprint density at radius 1 is 0.174 bits per heavy atom. The molecule has 8 aromatic carbocycles. The van der Waals surface area contributed by atoms with Gasteiger partial charge < -0.3 is 0 Å². The topological polar surface area (TPSA) is 0 Å². The molecule has 0 atom stereocenters. The maximum absolute atomic E-state index is 2.35. The van der Waals surface area contributed by atoms with Gasteiger partial charge >= 0.3 is 0 Å². The molecule has 0 aliphatic rings. The van der Waals surface area contributed by atoms with Crippen LogP contribution in [0.25, 0.3) is 77.5 Å². The minimum absolute atomic E-state index is 1.20. The van der Waals surface area contributed by atoms with Crippen molar-refractivity contribution in [2.45, 2.75) is 0 Å². The second-order valence-electron chi connectivity index (χ2n) is 11.8. The van der Waals surface area contributed by atoms with Crippen LogP contribution in [0.4, 0.5) is 0 Å². The quantitative estimate of drug-likeness (QED) is 0.182. The van der Waals surface area contributed by atoms with Crippen LogP contribution in [0, 0.1) is 0 Å². The van der Waals surface area contributed by atoms with E-state index in [9.17, 15) is 0 Å². The summed E-state index contributed by atoms with van der Waals surface area (Å²) in [6, 6.07) is 70.1. The molecule has 0 amide bonds. The minimum Gasteiger partial charge on any atom is -0.0622 e. The third-order valence-electron chi connectivity index (χ3n) is 8.90. The van der Waals surface area contributed by atoms with Crippen LogP contribution in [0.3, 0.4) is 0 Å². The summed E-state index contributed by atoms with van der Waals surface area (Å²) in [5, 5.41) is 2.52. The van der Waals surface area contributed by atoms with Crippen molar-refractivity contribution in [1.29, 1.82) is 0 Å². The summed E-state index contributed by atoms with van der Waals surface area (Å²) in [4.78, 5) is 0. The third-order valence-corrected chi connectivity index (χ3v) is 8.90. The van der Waals surface area contributed by atoms with Gasteiger partial charge in [-0.25, -0.2) is 0 Å². The van der Waals surface area contributed by atoms with Gasteiger partial charge in [-0.1, -0.05) is 176 Å². The molecule has 0 aliphatic heterocycles. The van der Waals surface area contributed by atoms with Crippen LogP contribution in [0.5, 0.6) is 0 Å². The Labute approximate surface area is 270 Å². The lowest BCUT2D eigenvalue weighted by Crippen LogP contribution is -1.89. The third kappa shape index (κ3) is 5.42. The molecule has 0 unspecified atom stereocenters. The summed E-state index contributed by atoms with van der Waals surface area (Å²) in [6.45, 7) is 0. The fraction of sp³-hybridized carbons (Fsp3) is 0. The lowest BCUT2D eigenvalue weighted by Gasteiger charge is -2.15. The van der Waals surface area contributed by atoms with Crippen LogP contribution in [0.1, 0.15) is 0 Å². The van der Waals surface area contributed by atoms with Crippen molar-refractivity contribution in [3.05, 3.63) is 194 Å². The maximum Gasteiger partial charge on any atom is -0.00992 e. The molecule has 0 heteroatoms. The van der Waals surface area contributed by atoms with Crippen molar-refractivity contribution in [2.75, 3.05) is 0 Å². The van der Waals surface area contributed by atoms with Crippen molar-refractivity contribution in [1.82, 2.24) is 0 Å². The van der Waals surface area contributed by atoms with Crippen LogP contribution in [-0.2, 0) is 0 Å². The van der Waals surface area contributed by atoms with E-state index >= 15 is 0 Å². The second-order valence-corrected chi connectivity index (χ2v) is 11.8. The van der Waals surface area contributed by atoms with E-state index in [4.69, 9.17) is 0 Å². The molecule has 0 fully saturated rings. The molecule has 46 heavy (non-hydrogen) atoms. The highest BCUT2D eigenvalue weighted by Gasteiger charge is 2.12. The van der Waals surface area contributed by atoms with Gasteiger partial charge in [-0.05, 0) is 95.7 Å². The molecule has 216 valence electrons. The van der Waals surface area contributed by atoms with Crippen LogP contribution >= 0.6 is 0 Å². The van der Waals surface area contributed by atoms with E-state index in [1.807, 2.05) is 0 Å². The molecule has 0 N–H and O–H groups in total. The lowest BCUT2D eigenvalue weighted by atomic mass is 9.89. The van der Waals surface area contributed by atoms with E-state index in [1.54, 1.807) is 0 Å². The number of hydrogen-bond acceptors (Lipinski definition) is 0. The first-order valence-corrected chi connectivity index (χ1v) is 15.8. The largest absolute Gasteiger partial charge is 0.0622 e. The smallest absolute Gasteiger partial charge is 0.00992 e. The molecule has 0 aliphatic carbocycles. The number of hydrogen-bond donors (Lipinski definition) is 0. The van der Waals surface area contributed by atoms with E-state index in [0.29, 0.717) is 0 Å². The summed E-state index contributed by atoms with van der Waals surface area (Å²) in [7, 11) is 0. The second kappa shape index (κ2) is 12.2. The summed E-state index contributed by atoms with van der Waals surface area (Å²) in [6.07, 6.45) is 0. The Morgan fingerprint density at radius 2 is 0.478 bits per heavy atom. The zero-order chi connectivity index (χ0) is 30.7. The van der Waals surface area contributed by atoms with Crippen LogP contribution < -0.4 is 0 Å². The van der Waals surface area contributed by atoms with Gasteiger partial charge in [0, 0.05) is 0 Å². The molecule has 8 aromatic rings. The normalized spacial score (nSPS) is 11.0. The maximum atomic E-state index is 2.35. The molecular formula is C46H32. The van der Waals surface area contributed by atoms with Gasteiger partial charge in [-0.2, -0.15) is 0 Å². The van der Waals surface area contributed by atoms with Gasteiger partial charge in [-0.3, -0.25) is 0 Å². The highest BCUT2D eigenvalue weighted by molar-refractivity contribution is 6.05. The van der Waals surface area contributed by atoms with E-state index in [2.05, 4.69) is 194 Å². The van der Waals surface area contributed by atoms with Crippen LogP contribution in [0.15, 0.2) is 194 Å². The molecule has 0 nitrogen and oxygen atoms in total. The van der Waals surface area contributed by atoms with Gasteiger partial charge in [0.2, 0.25) is 0 Å². The van der Waals surface area contributed by atoms with Crippen molar-refractivity contribution in [2.24, 2.45) is 0 Å². The van der Waals surface area contributed by atoms with Crippen LogP contribution in [-0.4, -0.2) is 0 Å². The van der Waals surface area contributed by atoms with Crippen molar-refractivity contribution in [3.63, 3.8) is 0 Å². The number of fused-ring (bicyclic) bond motifs is 1. The Morgan fingerprint density at radius 3 is 0.913 bits per heavy atom. The van der Waals surface area contributed by atoms with Crippen molar-refractivity contribution < 1.29 is 0 Å². The average Bonchev–Trinajstić information content (AvgIpc) is 3.15. The van der Waals surface area contributed by atoms with E-state index in [1.165, 1.54) is 77.5 Å². The van der Waals surface area contributed by atoms with Gasteiger partial charge in [0.1, 0.15) is 0 Å². The summed E-state index contributed by atoms with van der Waals surface area (Å²) in [5.41, 5.74) is 14.7. The molecule has 0 aromatic heterocycles. The predicted octanol–water partition coefficient (Wildman–Crippen LogP) is 12.8. The molecule has 8 rings (SSSR count). The number of rotatable bonds is 6. The number of benzene rings is 8. The fourth-order valence-electron chi connectivity index (χ4n) is 6.52. The zero-order valence-electron chi connectivity index (χ0n) is 25.5. The molecule has 0 bridgehead atoms. The predicted molar refractivity (Wildman–Crippen MR) is 197 cm³/mol. The van der Waals surface area contributed by atoms with Gasteiger partial charge in [0.25, 0.3) is 0 Å². The first-order valence-electron chi connectivity index (χ1n) is 15.8. The molecule has 0 saturated carbocycles. The van der Waals surface area contributed by atoms with Gasteiger partial charge in [-0.15, -0.1) is 0 Å². The lowest BCUT2D eigenvalue weighted by molar-refractivity contribution is 1.56. The molecule has 0 saturated heterocycles. The standard InChI is InChI=1S/C46H32/c1-4-12-33(13-5-1)35-22-24-36(25-23-35)37-26-28-38(29-27-37)41-30-40(34-14-6-2-7-15-34)31-42(32-41)44-19-11-20-45-43(18-10-21-46(44)45)39-16-8-3-9-17-39/h1-32H. The van der Waals surface area contributed by atoms with Gasteiger partial charge in [0.05, 0.1) is 0 Å². The monoisotopic (exact) mass is 584 g/mol. The Balaban J connectivity index is 1.20. The summed E-state index contributed by atoms with van der Waals surface area (Å²) >= 11 is 0. The first kappa shape index (κ1) is 27.6. The summed E-state index contributed by atoms with van der Waals surface area (Å²) in [5.74, 6) is 0. The Bertz CT molecular complexity index is 2250. The minimum atomic E-state index is 1.20. The summed E-state index contributed by atoms with van der Waals surface area (Å²) < 4.78 is 0. The van der Waals surface area contributed by atoms with Crippen LogP contribution in [0.2, 0.25) is 0 Å². The average molecular weight is 585 g/mol. The molecule has 0 heterocycles. The first-order chi connectivity index (χ1) is 22.8. The Hall–Kier alpha value is -5.98. The molecular weight excluding hydrogens is 553 g/mol. The van der Waals surface area contributed by atoms with E-state index in [-0.39, 0.29) is 0 Å². The van der Waals surface area contributed by atoms with E-state index in [0.717, 1.165) is 0 Å². The van der Waals surface area contributed by atoms with Crippen molar-refractivity contribution in [3.8, 4) is 66.8 Å². The highest BCUT2D eigenvalue weighted by Crippen LogP contribution is 2.39. The van der Waals surface area contributed by atoms with Crippen molar-refractivity contribution >= 4 is 10.8 Å². The Kier molecular flexibility index (Phi) is 7.30. The molecule has 0 radical (unpaired) electrons. The van der Waals surface area contributed by atoms with E-state index < -0.39 is 0 Å². The fourth-order valence-corrected chi connectivity index (χ4v) is 6.52. The highest BCUT2D eigenvalue weighted by atomic mass is 14.2. The molecule has 0 spiro atoms.